The third-order valence-corrected chi connectivity index (χ3v) is 1.94. The molecule has 0 radical (unpaired) electrons. The standard InChI is InChI=1S/C10H14O/c1-8-6-4-5-7-10(8)9(2)11-3/h6-7H,2,4-5H2,1,3H3. The van der Waals surface area contributed by atoms with Crippen LogP contribution in [0, 0.1) is 0 Å². The first-order valence-electron chi connectivity index (χ1n) is 3.86. The molecule has 0 saturated heterocycles. The Morgan fingerprint density at radius 3 is 2.64 bits per heavy atom. The first-order chi connectivity index (χ1) is 5.25. The van der Waals surface area contributed by atoms with E-state index in [9.17, 15) is 0 Å². The van der Waals surface area contributed by atoms with Crippen LogP contribution in [0.3, 0.4) is 0 Å². The third kappa shape index (κ3) is 1.73. The van der Waals surface area contributed by atoms with Gasteiger partial charge >= 0.3 is 0 Å². The van der Waals surface area contributed by atoms with E-state index in [0.29, 0.717) is 0 Å². The van der Waals surface area contributed by atoms with Gasteiger partial charge in [0, 0.05) is 5.57 Å². The van der Waals surface area contributed by atoms with Crippen molar-refractivity contribution < 1.29 is 4.74 Å². The smallest absolute Gasteiger partial charge is 0.118 e. The monoisotopic (exact) mass is 150 g/mol. The Bertz CT molecular complexity index is 221. The van der Waals surface area contributed by atoms with E-state index in [2.05, 4.69) is 25.7 Å². The molecule has 0 amide bonds. The van der Waals surface area contributed by atoms with Crippen LogP contribution in [0.25, 0.3) is 0 Å². The van der Waals surface area contributed by atoms with E-state index in [1.165, 1.54) is 11.1 Å². The molecular formula is C10H14O. The summed E-state index contributed by atoms with van der Waals surface area (Å²) in [4.78, 5) is 0. The molecule has 0 spiro atoms. The lowest BCUT2D eigenvalue weighted by Crippen LogP contribution is -1.96. The van der Waals surface area contributed by atoms with Crippen molar-refractivity contribution in [3.8, 4) is 0 Å². The van der Waals surface area contributed by atoms with Gasteiger partial charge in [0.2, 0.25) is 0 Å². The summed E-state index contributed by atoms with van der Waals surface area (Å²) < 4.78 is 5.06. The summed E-state index contributed by atoms with van der Waals surface area (Å²) in [6, 6.07) is 0. The van der Waals surface area contributed by atoms with Crippen LogP contribution in [0.1, 0.15) is 19.8 Å². The van der Waals surface area contributed by atoms with E-state index in [1.54, 1.807) is 7.11 Å². The molecule has 0 unspecified atom stereocenters. The SMILES string of the molecule is C=C(OC)C1=CCCC=C1C. The van der Waals surface area contributed by atoms with Crippen LogP contribution >= 0.6 is 0 Å². The summed E-state index contributed by atoms with van der Waals surface area (Å²) in [5.41, 5.74) is 2.45. The molecule has 0 aliphatic heterocycles. The molecule has 0 aromatic carbocycles. The molecule has 0 heterocycles. The van der Waals surface area contributed by atoms with Gasteiger partial charge in [-0.3, -0.25) is 0 Å². The summed E-state index contributed by atoms with van der Waals surface area (Å²) in [5, 5.41) is 0. The number of hydrogen-bond acceptors (Lipinski definition) is 1. The van der Waals surface area contributed by atoms with Gasteiger partial charge < -0.3 is 4.74 Å². The Morgan fingerprint density at radius 1 is 1.45 bits per heavy atom. The van der Waals surface area contributed by atoms with Crippen LogP contribution in [-0.4, -0.2) is 7.11 Å². The second-order valence-electron chi connectivity index (χ2n) is 2.71. The first kappa shape index (κ1) is 8.12. The van der Waals surface area contributed by atoms with E-state index in [1.807, 2.05) is 0 Å². The van der Waals surface area contributed by atoms with Crippen molar-refractivity contribution in [2.24, 2.45) is 0 Å². The van der Waals surface area contributed by atoms with Gasteiger partial charge in [-0.1, -0.05) is 18.7 Å². The molecule has 0 atom stereocenters. The fraction of sp³-hybridized carbons (Fsp3) is 0.400. The minimum absolute atomic E-state index is 0.776. The van der Waals surface area contributed by atoms with Crippen molar-refractivity contribution >= 4 is 0 Å². The molecule has 0 fully saturated rings. The number of allylic oxidation sites excluding steroid dienone is 3. The molecule has 0 bridgehead atoms. The Kier molecular flexibility index (Phi) is 2.53. The lowest BCUT2D eigenvalue weighted by atomic mass is 9.98. The largest absolute Gasteiger partial charge is 0.497 e. The third-order valence-electron chi connectivity index (χ3n) is 1.94. The summed E-state index contributed by atoms with van der Waals surface area (Å²) in [6.45, 7) is 5.91. The maximum Gasteiger partial charge on any atom is 0.118 e. The Hall–Kier alpha value is -0.980. The Morgan fingerprint density at radius 2 is 2.09 bits per heavy atom. The highest BCUT2D eigenvalue weighted by atomic mass is 16.5. The van der Waals surface area contributed by atoms with Crippen LogP contribution in [-0.2, 0) is 4.74 Å². The summed E-state index contributed by atoms with van der Waals surface area (Å²) >= 11 is 0. The van der Waals surface area contributed by atoms with Gasteiger partial charge in [0.25, 0.3) is 0 Å². The minimum atomic E-state index is 0.776. The second kappa shape index (κ2) is 3.42. The predicted molar refractivity (Wildman–Crippen MR) is 47.2 cm³/mol. The summed E-state index contributed by atoms with van der Waals surface area (Å²) in [5.74, 6) is 0.776. The van der Waals surface area contributed by atoms with Crippen LogP contribution in [0.5, 0.6) is 0 Å². The van der Waals surface area contributed by atoms with Gasteiger partial charge in [0.15, 0.2) is 0 Å². The van der Waals surface area contributed by atoms with E-state index in [4.69, 9.17) is 4.74 Å². The molecule has 60 valence electrons. The normalized spacial score (nSPS) is 16.9. The molecule has 11 heavy (non-hydrogen) atoms. The average molecular weight is 150 g/mol. The van der Waals surface area contributed by atoms with Crippen molar-refractivity contribution in [1.82, 2.24) is 0 Å². The Balaban J connectivity index is 2.78. The van der Waals surface area contributed by atoms with E-state index in [0.717, 1.165) is 18.6 Å². The quantitative estimate of drug-likeness (QED) is 0.550. The zero-order chi connectivity index (χ0) is 8.27. The molecule has 0 N–H and O–H groups in total. The fourth-order valence-electron chi connectivity index (χ4n) is 1.24. The number of hydrogen-bond donors (Lipinski definition) is 0. The van der Waals surface area contributed by atoms with Crippen molar-refractivity contribution in [1.29, 1.82) is 0 Å². The van der Waals surface area contributed by atoms with Gasteiger partial charge in [-0.2, -0.15) is 0 Å². The summed E-state index contributed by atoms with van der Waals surface area (Å²) in [7, 11) is 1.66. The Labute approximate surface area is 68.1 Å². The lowest BCUT2D eigenvalue weighted by molar-refractivity contribution is 0.303. The maximum atomic E-state index is 5.06. The van der Waals surface area contributed by atoms with Gasteiger partial charge in [0.05, 0.1) is 7.11 Å². The number of rotatable bonds is 2. The average Bonchev–Trinajstić information content (AvgIpc) is 2.04. The molecule has 1 rings (SSSR count). The van der Waals surface area contributed by atoms with Crippen LogP contribution < -0.4 is 0 Å². The zero-order valence-corrected chi connectivity index (χ0v) is 7.18. The maximum absolute atomic E-state index is 5.06. The zero-order valence-electron chi connectivity index (χ0n) is 7.18. The highest BCUT2D eigenvalue weighted by Gasteiger charge is 2.07. The molecule has 0 aromatic heterocycles. The molecule has 0 saturated carbocycles. The van der Waals surface area contributed by atoms with Gasteiger partial charge in [0.1, 0.15) is 5.76 Å². The minimum Gasteiger partial charge on any atom is -0.497 e. The van der Waals surface area contributed by atoms with Crippen LogP contribution in [0.4, 0.5) is 0 Å². The summed E-state index contributed by atoms with van der Waals surface area (Å²) in [6.07, 6.45) is 6.65. The van der Waals surface area contributed by atoms with E-state index < -0.39 is 0 Å². The van der Waals surface area contributed by atoms with Crippen molar-refractivity contribution in [3.63, 3.8) is 0 Å². The molecule has 0 aromatic rings. The van der Waals surface area contributed by atoms with Crippen molar-refractivity contribution in [2.75, 3.05) is 7.11 Å². The van der Waals surface area contributed by atoms with E-state index in [-0.39, 0.29) is 0 Å². The van der Waals surface area contributed by atoms with Crippen LogP contribution in [0.15, 0.2) is 35.6 Å². The molecule has 1 heteroatoms. The van der Waals surface area contributed by atoms with Gasteiger partial charge in [-0.05, 0) is 25.3 Å². The lowest BCUT2D eigenvalue weighted by Gasteiger charge is -2.13. The predicted octanol–water partition coefficient (Wildman–Crippen LogP) is 2.81. The van der Waals surface area contributed by atoms with E-state index >= 15 is 0 Å². The first-order valence-corrected chi connectivity index (χ1v) is 3.86. The fourth-order valence-corrected chi connectivity index (χ4v) is 1.24. The topological polar surface area (TPSA) is 9.23 Å². The van der Waals surface area contributed by atoms with Crippen molar-refractivity contribution in [3.05, 3.63) is 35.6 Å². The van der Waals surface area contributed by atoms with Crippen LogP contribution in [0.2, 0.25) is 0 Å². The molecule has 1 aliphatic rings. The highest BCUT2D eigenvalue weighted by molar-refractivity contribution is 5.43. The van der Waals surface area contributed by atoms with Gasteiger partial charge in [-0.15, -0.1) is 0 Å². The molecule has 1 aliphatic carbocycles. The van der Waals surface area contributed by atoms with Gasteiger partial charge in [-0.25, -0.2) is 0 Å². The number of ether oxygens (including phenoxy) is 1. The molecule has 1 nitrogen and oxygen atoms in total. The number of methoxy groups -OCH3 is 1. The second-order valence-corrected chi connectivity index (χ2v) is 2.71. The molecular weight excluding hydrogens is 136 g/mol. The van der Waals surface area contributed by atoms with Crippen molar-refractivity contribution in [2.45, 2.75) is 19.8 Å². The highest BCUT2D eigenvalue weighted by Crippen LogP contribution is 2.23.